The van der Waals surface area contributed by atoms with Gasteiger partial charge in [-0.3, -0.25) is 5.10 Å². The summed E-state index contributed by atoms with van der Waals surface area (Å²) in [6.07, 6.45) is 0. The molecule has 0 fully saturated rings. The highest BCUT2D eigenvalue weighted by Crippen LogP contribution is 2.47. The zero-order valence-electron chi connectivity index (χ0n) is 19.7. The van der Waals surface area contributed by atoms with Gasteiger partial charge in [0.05, 0.1) is 24.3 Å². The molecule has 0 saturated heterocycles. The number of aromatic amines is 1. The number of halogens is 1. The van der Waals surface area contributed by atoms with Gasteiger partial charge in [-0.15, -0.1) is 5.10 Å². The Bertz CT molecular complexity index is 1500. The van der Waals surface area contributed by atoms with Crippen LogP contribution in [0.3, 0.4) is 0 Å². The average molecular weight is 483 g/mol. The van der Waals surface area contributed by atoms with Crippen LogP contribution < -0.4 is 19.9 Å². The predicted molar refractivity (Wildman–Crippen MR) is 132 cm³/mol. The van der Waals surface area contributed by atoms with Crippen molar-refractivity contribution in [3.8, 4) is 34.7 Å². The SMILES string of the molecule is COc1cc([C@@H]2C(C#N)=C(N)Oc3n[nH]c(-c4ccc(C)cc4)c32)ccc1OCc1ccccc1F. The molecule has 0 saturated carbocycles. The van der Waals surface area contributed by atoms with E-state index in [4.69, 9.17) is 19.9 Å². The van der Waals surface area contributed by atoms with Crippen molar-refractivity contribution in [1.82, 2.24) is 10.2 Å². The second-order valence-corrected chi connectivity index (χ2v) is 8.40. The normalized spacial score (nSPS) is 14.6. The first kappa shape index (κ1) is 23.0. The Kier molecular flexibility index (Phi) is 6.05. The summed E-state index contributed by atoms with van der Waals surface area (Å²) >= 11 is 0. The van der Waals surface area contributed by atoms with Crippen LogP contribution in [0, 0.1) is 24.1 Å². The van der Waals surface area contributed by atoms with E-state index < -0.39 is 5.92 Å². The summed E-state index contributed by atoms with van der Waals surface area (Å²) in [5.74, 6) is 0.294. The lowest BCUT2D eigenvalue weighted by molar-refractivity contribution is 0.279. The van der Waals surface area contributed by atoms with E-state index in [1.807, 2.05) is 37.3 Å². The van der Waals surface area contributed by atoms with Crippen LogP contribution in [-0.4, -0.2) is 17.3 Å². The summed E-state index contributed by atoms with van der Waals surface area (Å²) in [5, 5.41) is 17.3. The minimum absolute atomic E-state index is 0.00389. The van der Waals surface area contributed by atoms with Gasteiger partial charge in [0.25, 0.3) is 0 Å². The highest BCUT2D eigenvalue weighted by molar-refractivity contribution is 5.71. The number of hydrogen-bond acceptors (Lipinski definition) is 6. The summed E-state index contributed by atoms with van der Waals surface area (Å²) in [6.45, 7) is 2.05. The maximum Gasteiger partial charge on any atom is 0.244 e. The molecule has 5 rings (SSSR count). The fraction of sp³-hybridized carbons (Fsp3) is 0.143. The molecule has 1 aliphatic rings. The Morgan fingerprint density at radius 3 is 2.61 bits per heavy atom. The molecule has 8 heteroatoms. The molecule has 0 radical (unpaired) electrons. The molecule has 7 nitrogen and oxygen atoms in total. The molecule has 1 aliphatic heterocycles. The van der Waals surface area contributed by atoms with Crippen molar-refractivity contribution in [3.05, 3.63) is 106 Å². The summed E-state index contributed by atoms with van der Waals surface area (Å²) in [4.78, 5) is 0. The van der Waals surface area contributed by atoms with Crippen LogP contribution in [0.4, 0.5) is 4.39 Å². The first-order valence-electron chi connectivity index (χ1n) is 11.3. The maximum atomic E-state index is 14.0. The van der Waals surface area contributed by atoms with Crippen molar-refractivity contribution in [2.75, 3.05) is 7.11 Å². The fourth-order valence-electron chi connectivity index (χ4n) is 4.27. The van der Waals surface area contributed by atoms with Crippen LogP contribution in [0.2, 0.25) is 0 Å². The third-order valence-electron chi connectivity index (χ3n) is 6.14. The van der Waals surface area contributed by atoms with Crippen molar-refractivity contribution in [2.45, 2.75) is 19.4 Å². The highest BCUT2D eigenvalue weighted by atomic mass is 19.1. The third kappa shape index (κ3) is 4.12. The number of fused-ring (bicyclic) bond motifs is 1. The Morgan fingerprint density at radius 2 is 1.89 bits per heavy atom. The molecule has 180 valence electrons. The van der Waals surface area contributed by atoms with E-state index in [-0.39, 0.29) is 23.9 Å². The lowest BCUT2D eigenvalue weighted by Crippen LogP contribution is -2.21. The summed E-state index contributed by atoms with van der Waals surface area (Å²) in [7, 11) is 1.52. The van der Waals surface area contributed by atoms with E-state index in [1.165, 1.54) is 13.2 Å². The van der Waals surface area contributed by atoms with Gasteiger partial charge in [0.1, 0.15) is 24.1 Å². The van der Waals surface area contributed by atoms with E-state index in [0.717, 1.165) is 22.4 Å². The van der Waals surface area contributed by atoms with Gasteiger partial charge in [-0.2, -0.15) is 5.26 Å². The number of nitrogens with zero attached hydrogens (tertiary/aromatic N) is 2. The van der Waals surface area contributed by atoms with Gasteiger partial charge in [-0.05, 0) is 30.7 Å². The quantitative estimate of drug-likeness (QED) is 0.385. The Labute approximate surface area is 207 Å². The number of methoxy groups -OCH3 is 1. The standard InChI is InChI=1S/C28H23FN4O3/c1-16-7-9-17(10-8-16)26-25-24(20(14-30)27(31)36-28(25)33-32-26)18-11-12-22(23(13-18)34-2)35-15-19-5-3-4-6-21(19)29/h3-13,24H,15,31H2,1-2H3,(H,32,33)/t24-/m1/s1. The van der Waals surface area contributed by atoms with Crippen molar-refractivity contribution in [1.29, 1.82) is 5.26 Å². The van der Waals surface area contributed by atoms with Crippen molar-refractivity contribution >= 4 is 0 Å². The van der Waals surface area contributed by atoms with Crippen LogP contribution in [0.15, 0.2) is 78.2 Å². The summed E-state index contributed by atoms with van der Waals surface area (Å²) in [6, 6.07) is 21.9. The van der Waals surface area contributed by atoms with E-state index in [0.29, 0.717) is 28.5 Å². The molecule has 1 atom stereocenters. The molecule has 0 aliphatic carbocycles. The van der Waals surface area contributed by atoms with Crippen molar-refractivity contribution < 1.29 is 18.6 Å². The number of hydrogen-bond donors (Lipinski definition) is 2. The molecule has 3 aromatic carbocycles. The van der Waals surface area contributed by atoms with Gasteiger partial charge in [0.2, 0.25) is 11.8 Å². The van der Waals surface area contributed by atoms with E-state index in [9.17, 15) is 9.65 Å². The largest absolute Gasteiger partial charge is 0.493 e. The lowest BCUT2D eigenvalue weighted by Gasteiger charge is -2.25. The lowest BCUT2D eigenvalue weighted by atomic mass is 9.83. The molecule has 0 spiro atoms. The molecule has 2 heterocycles. The van der Waals surface area contributed by atoms with Gasteiger partial charge >= 0.3 is 0 Å². The van der Waals surface area contributed by atoms with Crippen LogP contribution in [0.25, 0.3) is 11.3 Å². The van der Waals surface area contributed by atoms with E-state index in [1.54, 1.807) is 30.3 Å². The molecular weight excluding hydrogens is 459 g/mol. The molecule has 1 aromatic heterocycles. The summed E-state index contributed by atoms with van der Waals surface area (Å²) in [5.41, 5.74) is 11.0. The number of nitriles is 1. The summed E-state index contributed by atoms with van der Waals surface area (Å²) < 4.78 is 31.2. The monoisotopic (exact) mass is 482 g/mol. The van der Waals surface area contributed by atoms with Crippen LogP contribution in [-0.2, 0) is 6.61 Å². The molecule has 0 unspecified atom stereocenters. The number of rotatable bonds is 6. The topological polar surface area (TPSA) is 106 Å². The van der Waals surface area contributed by atoms with Gasteiger partial charge in [-0.25, -0.2) is 4.39 Å². The zero-order valence-corrected chi connectivity index (χ0v) is 19.7. The molecule has 0 amide bonds. The number of allylic oxidation sites excluding steroid dienone is 1. The number of aromatic nitrogens is 2. The number of benzene rings is 3. The molecular formula is C28H23FN4O3. The molecule has 3 N–H and O–H groups in total. The minimum Gasteiger partial charge on any atom is -0.493 e. The van der Waals surface area contributed by atoms with Crippen LogP contribution in [0.1, 0.15) is 28.2 Å². The molecule has 4 aromatic rings. The Hall–Kier alpha value is -4.77. The van der Waals surface area contributed by atoms with Gasteiger partial charge in [0, 0.05) is 11.1 Å². The minimum atomic E-state index is -0.552. The number of aryl methyl sites for hydroxylation is 1. The second kappa shape index (κ2) is 9.47. The van der Waals surface area contributed by atoms with Crippen molar-refractivity contribution in [3.63, 3.8) is 0 Å². The van der Waals surface area contributed by atoms with Gasteiger partial charge < -0.3 is 19.9 Å². The number of ether oxygens (including phenoxy) is 3. The first-order chi connectivity index (χ1) is 17.5. The Balaban J connectivity index is 1.56. The zero-order chi connectivity index (χ0) is 25.2. The predicted octanol–water partition coefficient (Wildman–Crippen LogP) is 5.33. The molecule has 0 bridgehead atoms. The second-order valence-electron chi connectivity index (χ2n) is 8.40. The highest BCUT2D eigenvalue weighted by Gasteiger charge is 2.36. The van der Waals surface area contributed by atoms with E-state index >= 15 is 0 Å². The van der Waals surface area contributed by atoms with Gasteiger partial charge in [-0.1, -0.05) is 54.1 Å². The van der Waals surface area contributed by atoms with Crippen LogP contribution >= 0.6 is 0 Å². The maximum absolute atomic E-state index is 14.0. The van der Waals surface area contributed by atoms with Crippen LogP contribution in [0.5, 0.6) is 17.4 Å². The number of nitrogens with one attached hydrogen (secondary N) is 1. The third-order valence-corrected chi connectivity index (χ3v) is 6.14. The first-order valence-corrected chi connectivity index (χ1v) is 11.3. The molecule has 36 heavy (non-hydrogen) atoms. The van der Waals surface area contributed by atoms with Gasteiger partial charge in [0.15, 0.2) is 11.5 Å². The fourth-order valence-corrected chi connectivity index (χ4v) is 4.27. The smallest absolute Gasteiger partial charge is 0.244 e. The van der Waals surface area contributed by atoms with Crippen molar-refractivity contribution in [2.24, 2.45) is 5.73 Å². The average Bonchev–Trinajstić information content (AvgIpc) is 3.31. The number of nitrogens with two attached hydrogens (primary N) is 1. The number of H-pyrrole nitrogens is 1. The van der Waals surface area contributed by atoms with E-state index in [2.05, 4.69) is 16.3 Å². The Morgan fingerprint density at radius 1 is 1.11 bits per heavy atom.